The molecular weight excluding hydrogens is 388 g/mol. The third kappa shape index (κ3) is 5.71. The normalized spacial score (nSPS) is 10.7. The van der Waals surface area contributed by atoms with Crippen LogP contribution < -0.4 is 5.32 Å². The number of rotatable bonds is 9. The summed E-state index contributed by atoms with van der Waals surface area (Å²) < 4.78 is 0. The highest BCUT2D eigenvalue weighted by Gasteiger charge is 2.17. The van der Waals surface area contributed by atoms with Gasteiger partial charge in [0.2, 0.25) is 17.6 Å². The van der Waals surface area contributed by atoms with E-state index in [2.05, 4.69) is 27.7 Å². The Kier molecular flexibility index (Phi) is 7.07. The Balaban J connectivity index is 1.54. The van der Waals surface area contributed by atoms with Gasteiger partial charge in [-0.1, -0.05) is 37.3 Å². The zero-order chi connectivity index (χ0) is 20.6. The van der Waals surface area contributed by atoms with Crippen LogP contribution in [0.4, 0.5) is 0 Å². The van der Waals surface area contributed by atoms with Crippen LogP contribution in [0.1, 0.15) is 24.3 Å². The van der Waals surface area contributed by atoms with Crippen LogP contribution in [-0.2, 0) is 29.1 Å². The van der Waals surface area contributed by atoms with Crippen LogP contribution in [0.25, 0.3) is 11.4 Å². The van der Waals surface area contributed by atoms with Crippen LogP contribution in [0, 0.1) is 0 Å². The minimum Gasteiger partial charge on any atom is -0.350 e. The molecule has 0 spiro atoms. The largest absolute Gasteiger partial charge is 0.350 e. The van der Waals surface area contributed by atoms with Gasteiger partial charge in [0.15, 0.2) is 0 Å². The van der Waals surface area contributed by atoms with E-state index in [0.717, 1.165) is 16.9 Å². The molecule has 2 amide bonds. The summed E-state index contributed by atoms with van der Waals surface area (Å²) in [4.78, 5) is 28.5. The molecule has 29 heavy (non-hydrogen) atoms. The third-order valence-electron chi connectivity index (χ3n) is 4.46. The third-order valence-corrected chi connectivity index (χ3v) is 5.34. The van der Waals surface area contributed by atoms with Gasteiger partial charge in [0.05, 0.1) is 13.1 Å². The summed E-state index contributed by atoms with van der Waals surface area (Å²) in [5.41, 5.74) is 2.08. The van der Waals surface area contributed by atoms with Crippen molar-refractivity contribution in [3.8, 4) is 11.4 Å². The molecular formula is C20H24N6O2S. The van der Waals surface area contributed by atoms with Crippen molar-refractivity contribution >= 4 is 23.2 Å². The van der Waals surface area contributed by atoms with Crippen molar-refractivity contribution in [3.05, 3.63) is 52.2 Å². The molecule has 0 fully saturated rings. The summed E-state index contributed by atoms with van der Waals surface area (Å²) in [6.45, 7) is 4.75. The molecule has 0 saturated carbocycles. The van der Waals surface area contributed by atoms with Crippen molar-refractivity contribution in [2.45, 2.75) is 33.4 Å². The van der Waals surface area contributed by atoms with E-state index in [-0.39, 0.29) is 24.9 Å². The van der Waals surface area contributed by atoms with Crippen LogP contribution in [-0.4, -0.2) is 50.0 Å². The molecule has 1 N–H and O–H groups in total. The summed E-state index contributed by atoms with van der Waals surface area (Å²) in [7, 11) is 0. The van der Waals surface area contributed by atoms with Crippen LogP contribution >= 0.6 is 11.3 Å². The number of carbonyl (C=O) groups excluding carboxylic acids is 2. The first-order valence-electron chi connectivity index (χ1n) is 9.53. The first kappa shape index (κ1) is 20.7. The average molecular weight is 413 g/mol. The minimum atomic E-state index is -0.232. The zero-order valence-corrected chi connectivity index (χ0v) is 17.4. The van der Waals surface area contributed by atoms with Gasteiger partial charge in [0.25, 0.3) is 0 Å². The van der Waals surface area contributed by atoms with Crippen molar-refractivity contribution in [1.29, 1.82) is 0 Å². The Hall–Kier alpha value is -3.07. The van der Waals surface area contributed by atoms with Gasteiger partial charge in [-0.2, -0.15) is 4.80 Å². The molecule has 0 aliphatic rings. The molecule has 0 atom stereocenters. The van der Waals surface area contributed by atoms with E-state index in [1.165, 1.54) is 15.3 Å². The van der Waals surface area contributed by atoms with Crippen molar-refractivity contribution in [3.63, 3.8) is 0 Å². The van der Waals surface area contributed by atoms with Crippen molar-refractivity contribution in [2.24, 2.45) is 0 Å². The molecule has 3 rings (SSSR count). The molecule has 0 aliphatic carbocycles. The quantitative estimate of drug-likeness (QED) is 0.581. The van der Waals surface area contributed by atoms with Gasteiger partial charge in [0, 0.05) is 17.0 Å². The SMILES string of the molecule is CCc1ccc(-c2nnn(CC(=O)N(CC)CC(=O)NCc3cccs3)n2)cc1. The number of carbonyl (C=O) groups is 2. The highest BCUT2D eigenvalue weighted by molar-refractivity contribution is 7.09. The summed E-state index contributed by atoms with van der Waals surface area (Å²) in [5, 5.41) is 17.1. The van der Waals surface area contributed by atoms with Crippen molar-refractivity contribution < 1.29 is 9.59 Å². The van der Waals surface area contributed by atoms with Gasteiger partial charge in [-0.3, -0.25) is 9.59 Å². The molecule has 2 aromatic heterocycles. The molecule has 2 heterocycles. The zero-order valence-electron chi connectivity index (χ0n) is 16.5. The van der Waals surface area contributed by atoms with E-state index in [1.54, 1.807) is 11.3 Å². The van der Waals surface area contributed by atoms with Gasteiger partial charge in [0.1, 0.15) is 6.54 Å². The number of benzene rings is 1. The monoisotopic (exact) mass is 412 g/mol. The highest BCUT2D eigenvalue weighted by atomic mass is 32.1. The van der Waals surface area contributed by atoms with Crippen LogP contribution in [0.5, 0.6) is 0 Å². The molecule has 0 aliphatic heterocycles. The molecule has 0 unspecified atom stereocenters. The van der Waals surface area contributed by atoms with E-state index in [9.17, 15) is 9.59 Å². The molecule has 1 aromatic carbocycles. The van der Waals surface area contributed by atoms with Crippen LogP contribution in [0.3, 0.4) is 0 Å². The second-order valence-electron chi connectivity index (χ2n) is 6.46. The lowest BCUT2D eigenvalue weighted by Crippen LogP contribution is -2.42. The summed E-state index contributed by atoms with van der Waals surface area (Å²) >= 11 is 1.58. The molecule has 0 radical (unpaired) electrons. The summed E-state index contributed by atoms with van der Waals surface area (Å²) in [6, 6.07) is 11.8. The number of aryl methyl sites for hydroxylation is 1. The fourth-order valence-corrected chi connectivity index (χ4v) is 3.39. The molecule has 0 saturated heterocycles. The number of nitrogens with one attached hydrogen (secondary N) is 1. The molecule has 8 nitrogen and oxygen atoms in total. The average Bonchev–Trinajstić information content (AvgIpc) is 3.42. The molecule has 152 valence electrons. The highest BCUT2D eigenvalue weighted by Crippen LogP contribution is 2.14. The van der Waals surface area contributed by atoms with Crippen molar-refractivity contribution in [2.75, 3.05) is 13.1 Å². The predicted molar refractivity (Wildman–Crippen MR) is 111 cm³/mol. The van der Waals surface area contributed by atoms with Gasteiger partial charge in [-0.15, -0.1) is 21.5 Å². The van der Waals surface area contributed by atoms with Gasteiger partial charge >= 0.3 is 0 Å². The fourth-order valence-electron chi connectivity index (χ4n) is 2.74. The van der Waals surface area contributed by atoms with Gasteiger partial charge in [-0.05, 0) is 35.6 Å². The lowest BCUT2D eigenvalue weighted by Gasteiger charge is -2.19. The van der Waals surface area contributed by atoms with Crippen LogP contribution in [0.15, 0.2) is 41.8 Å². The first-order valence-corrected chi connectivity index (χ1v) is 10.4. The standard InChI is InChI=1S/C20H24N6O2S/c1-3-15-7-9-16(10-8-15)20-22-24-26(23-20)14-19(28)25(4-2)13-18(27)21-12-17-6-5-11-29-17/h5-11H,3-4,12-14H2,1-2H3,(H,21,27). The fraction of sp³-hybridized carbons (Fsp3) is 0.350. The second kappa shape index (κ2) is 9.92. The van der Waals surface area contributed by atoms with E-state index in [0.29, 0.717) is 18.9 Å². The Morgan fingerprint density at radius 1 is 1.17 bits per heavy atom. The number of tetrazole rings is 1. The Morgan fingerprint density at radius 3 is 2.62 bits per heavy atom. The molecule has 9 heteroatoms. The maximum Gasteiger partial charge on any atom is 0.246 e. The van der Waals surface area contributed by atoms with Gasteiger partial charge < -0.3 is 10.2 Å². The number of aromatic nitrogens is 4. The number of nitrogens with zero attached hydrogens (tertiary/aromatic N) is 5. The topological polar surface area (TPSA) is 93.0 Å². The Morgan fingerprint density at radius 2 is 1.97 bits per heavy atom. The van der Waals surface area contributed by atoms with E-state index < -0.39 is 0 Å². The smallest absolute Gasteiger partial charge is 0.246 e. The molecule has 0 bridgehead atoms. The van der Waals surface area contributed by atoms with E-state index >= 15 is 0 Å². The van der Waals surface area contributed by atoms with E-state index in [1.807, 2.05) is 48.7 Å². The lowest BCUT2D eigenvalue weighted by atomic mass is 10.1. The lowest BCUT2D eigenvalue weighted by molar-refractivity contribution is -0.136. The number of thiophene rings is 1. The predicted octanol–water partition coefficient (Wildman–Crippen LogP) is 2.13. The van der Waals surface area contributed by atoms with E-state index in [4.69, 9.17) is 0 Å². The maximum atomic E-state index is 12.6. The number of hydrogen-bond donors (Lipinski definition) is 1. The first-order chi connectivity index (χ1) is 14.1. The minimum absolute atomic E-state index is 0.000737. The second-order valence-corrected chi connectivity index (χ2v) is 7.49. The maximum absolute atomic E-state index is 12.6. The number of amides is 2. The van der Waals surface area contributed by atoms with Gasteiger partial charge in [-0.25, -0.2) is 0 Å². The Bertz CT molecular complexity index is 936. The van der Waals surface area contributed by atoms with Crippen LogP contribution in [0.2, 0.25) is 0 Å². The summed E-state index contributed by atoms with van der Waals surface area (Å²) in [6.07, 6.45) is 0.961. The number of likely N-dealkylation sites (N-methyl/N-ethyl adjacent to an activating group) is 1. The summed E-state index contributed by atoms with van der Waals surface area (Å²) in [5.74, 6) is 0.0399. The molecule has 3 aromatic rings. The van der Waals surface area contributed by atoms with Crippen molar-refractivity contribution in [1.82, 2.24) is 30.4 Å². The Labute approximate surface area is 173 Å². The number of hydrogen-bond acceptors (Lipinski definition) is 6.